The van der Waals surface area contributed by atoms with Crippen LogP contribution in [0.25, 0.3) is 0 Å². The van der Waals surface area contributed by atoms with Crippen LogP contribution in [0, 0.1) is 0 Å². The molecule has 0 aromatic heterocycles. The van der Waals surface area contributed by atoms with E-state index in [1.807, 2.05) is 0 Å². The molecule has 2 nitrogen and oxygen atoms in total. The van der Waals surface area contributed by atoms with Crippen molar-refractivity contribution in [1.29, 1.82) is 0 Å². The maximum Gasteiger partial charge on any atom is 0.0961 e. The predicted molar refractivity (Wildman–Crippen MR) is 50.7 cm³/mol. The van der Waals surface area contributed by atoms with Gasteiger partial charge in [0.05, 0.1) is 33.2 Å². The van der Waals surface area contributed by atoms with E-state index in [1.165, 1.54) is 6.54 Å². The fraction of sp³-hybridized carbons (Fsp3) is 1.00. The van der Waals surface area contributed by atoms with E-state index < -0.39 is 0 Å². The van der Waals surface area contributed by atoms with Gasteiger partial charge in [-0.3, -0.25) is 4.90 Å². The van der Waals surface area contributed by atoms with Crippen molar-refractivity contribution < 1.29 is 4.48 Å². The molecule has 0 fully saturated rings. The van der Waals surface area contributed by atoms with Gasteiger partial charge in [-0.25, -0.2) is 0 Å². The number of hydrogen-bond donors (Lipinski definition) is 0. The number of nitrogens with zero attached hydrogens (tertiary/aromatic N) is 2. The van der Waals surface area contributed by atoms with Crippen LogP contribution in [0.4, 0.5) is 0 Å². The summed E-state index contributed by atoms with van der Waals surface area (Å²) in [7, 11) is 11.0. The summed E-state index contributed by atoms with van der Waals surface area (Å²) in [6.45, 7) is 5.72. The largest absolute Gasteiger partial charge is 0.329 e. The lowest BCUT2D eigenvalue weighted by Crippen LogP contribution is -2.52. The Balaban J connectivity index is 4.13. The highest BCUT2D eigenvalue weighted by Gasteiger charge is 2.27. The monoisotopic (exact) mass is 159 g/mol. The highest BCUT2D eigenvalue weighted by molar-refractivity contribution is 4.75. The van der Waals surface area contributed by atoms with Crippen LogP contribution < -0.4 is 0 Å². The molecule has 2 heteroatoms. The van der Waals surface area contributed by atoms with Crippen LogP contribution in [-0.4, -0.2) is 56.7 Å². The molecular formula is C9H23N2+. The van der Waals surface area contributed by atoms with Crippen molar-refractivity contribution in [2.45, 2.75) is 19.4 Å². The molecule has 0 unspecified atom stereocenters. The van der Waals surface area contributed by atoms with Crippen LogP contribution >= 0.6 is 0 Å². The van der Waals surface area contributed by atoms with Gasteiger partial charge in [-0.15, -0.1) is 0 Å². The molecular weight excluding hydrogens is 136 g/mol. The summed E-state index contributed by atoms with van der Waals surface area (Å²) >= 11 is 0. The van der Waals surface area contributed by atoms with Gasteiger partial charge < -0.3 is 4.48 Å². The topological polar surface area (TPSA) is 3.24 Å². The van der Waals surface area contributed by atoms with Gasteiger partial charge in [-0.05, 0) is 27.9 Å². The number of hydrogen-bond acceptors (Lipinski definition) is 1. The minimum Gasteiger partial charge on any atom is -0.329 e. The molecule has 0 saturated heterocycles. The molecule has 0 aliphatic rings. The second-order valence-electron chi connectivity index (χ2n) is 5.16. The van der Waals surface area contributed by atoms with E-state index >= 15 is 0 Å². The minimum atomic E-state index is 0.290. The zero-order valence-corrected chi connectivity index (χ0v) is 9.10. The molecule has 0 heterocycles. The maximum absolute atomic E-state index is 2.27. The van der Waals surface area contributed by atoms with Crippen molar-refractivity contribution in [3.8, 4) is 0 Å². The third-order valence-corrected chi connectivity index (χ3v) is 2.07. The first-order chi connectivity index (χ1) is 4.65. The van der Waals surface area contributed by atoms with Gasteiger partial charge in [-0.2, -0.15) is 0 Å². The lowest BCUT2D eigenvalue weighted by atomic mass is 10.0. The summed E-state index contributed by atoms with van der Waals surface area (Å²) in [5, 5.41) is 0. The summed E-state index contributed by atoms with van der Waals surface area (Å²) in [4.78, 5) is 2.27. The Labute approximate surface area is 71.4 Å². The Hall–Kier alpha value is -0.0800. The van der Waals surface area contributed by atoms with E-state index in [1.54, 1.807) is 0 Å². The molecule has 0 spiro atoms. The molecule has 0 atom stereocenters. The normalized spacial score (nSPS) is 14.2. The Kier molecular flexibility index (Phi) is 3.09. The van der Waals surface area contributed by atoms with Crippen molar-refractivity contribution in [2.24, 2.45) is 0 Å². The molecule has 0 rings (SSSR count). The van der Waals surface area contributed by atoms with Crippen molar-refractivity contribution >= 4 is 0 Å². The fourth-order valence-corrected chi connectivity index (χ4v) is 1.30. The Morgan fingerprint density at radius 2 is 1.45 bits per heavy atom. The van der Waals surface area contributed by atoms with Gasteiger partial charge >= 0.3 is 0 Å². The van der Waals surface area contributed by atoms with Crippen molar-refractivity contribution in [3.05, 3.63) is 0 Å². The zero-order chi connectivity index (χ0) is 9.28. The standard InChI is InChI=1S/C9H23N2/c1-9(2,10(3)4)8-11(5,6)7/h8H2,1-7H3/q+1. The molecule has 11 heavy (non-hydrogen) atoms. The van der Waals surface area contributed by atoms with Gasteiger partial charge in [0.15, 0.2) is 0 Å². The Morgan fingerprint density at radius 1 is 1.09 bits per heavy atom. The van der Waals surface area contributed by atoms with Crippen LogP contribution in [-0.2, 0) is 0 Å². The average molecular weight is 159 g/mol. The summed E-state index contributed by atoms with van der Waals surface area (Å²) in [6.07, 6.45) is 0. The van der Waals surface area contributed by atoms with Crippen molar-refractivity contribution in [2.75, 3.05) is 41.8 Å². The lowest BCUT2D eigenvalue weighted by Gasteiger charge is -2.38. The second kappa shape index (κ2) is 3.11. The molecule has 0 aromatic carbocycles. The van der Waals surface area contributed by atoms with E-state index in [2.05, 4.69) is 54.0 Å². The van der Waals surface area contributed by atoms with Crippen LogP contribution in [0.2, 0.25) is 0 Å². The summed E-state index contributed by atoms with van der Waals surface area (Å²) in [6, 6.07) is 0. The average Bonchev–Trinajstić information content (AvgIpc) is 1.56. The number of likely N-dealkylation sites (N-methyl/N-ethyl adjacent to an activating group) is 2. The minimum absolute atomic E-state index is 0.290. The molecule has 0 aliphatic heterocycles. The third kappa shape index (κ3) is 4.38. The van der Waals surface area contributed by atoms with E-state index in [9.17, 15) is 0 Å². The molecule has 68 valence electrons. The van der Waals surface area contributed by atoms with Gasteiger partial charge in [0.1, 0.15) is 0 Å². The van der Waals surface area contributed by atoms with Crippen LogP contribution in [0.1, 0.15) is 13.8 Å². The van der Waals surface area contributed by atoms with Crippen LogP contribution in [0.3, 0.4) is 0 Å². The number of rotatable bonds is 3. The summed E-state index contributed by atoms with van der Waals surface area (Å²) in [5.74, 6) is 0. The fourth-order valence-electron chi connectivity index (χ4n) is 1.30. The van der Waals surface area contributed by atoms with E-state index in [0.29, 0.717) is 0 Å². The molecule has 0 aliphatic carbocycles. The van der Waals surface area contributed by atoms with Gasteiger partial charge in [-0.1, -0.05) is 0 Å². The first-order valence-corrected chi connectivity index (χ1v) is 4.13. The SMILES string of the molecule is CN(C)C(C)(C)C[N+](C)(C)C. The maximum atomic E-state index is 2.27. The molecule has 0 aromatic rings. The molecule has 0 saturated carbocycles. The van der Waals surface area contributed by atoms with Crippen LogP contribution in [0.5, 0.6) is 0 Å². The first-order valence-electron chi connectivity index (χ1n) is 4.13. The van der Waals surface area contributed by atoms with Gasteiger partial charge in [0.25, 0.3) is 0 Å². The van der Waals surface area contributed by atoms with E-state index in [0.717, 1.165) is 4.48 Å². The predicted octanol–water partition coefficient (Wildman–Crippen LogP) is 1.03. The van der Waals surface area contributed by atoms with Gasteiger partial charge in [0, 0.05) is 0 Å². The summed E-state index contributed by atoms with van der Waals surface area (Å²) < 4.78 is 1.02. The highest BCUT2D eigenvalue weighted by Crippen LogP contribution is 2.13. The third-order valence-electron chi connectivity index (χ3n) is 2.07. The Morgan fingerprint density at radius 3 is 1.55 bits per heavy atom. The summed E-state index contributed by atoms with van der Waals surface area (Å²) in [5.41, 5.74) is 0.290. The quantitative estimate of drug-likeness (QED) is 0.556. The first kappa shape index (κ1) is 10.9. The Bertz CT molecular complexity index is 120. The van der Waals surface area contributed by atoms with Crippen molar-refractivity contribution in [1.82, 2.24) is 4.90 Å². The second-order valence-corrected chi connectivity index (χ2v) is 5.16. The van der Waals surface area contributed by atoms with Crippen molar-refractivity contribution in [3.63, 3.8) is 0 Å². The van der Waals surface area contributed by atoms with E-state index in [-0.39, 0.29) is 5.54 Å². The highest BCUT2D eigenvalue weighted by atomic mass is 15.3. The lowest BCUT2D eigenvalue weighted by molar-refractivity contribution is -0.875. The van der Waals surface area contributed by atoms with Gasteiger partial charge in [0.2, 0.25) is 0 Å². The zero-order valence-electron chi connectivity index (χ0n) is 9.10. The molecule has 0 amide bonds. The molecule has 0 bridgehead atoms. The molecule has 0 radical (unpaired) electrons. The van der Waals surface area contributed by atoms with Crippen LogP contribution in [0.15, 0.2) is 0 Å². The number of quaternary nitrogens is 1. The van der Waals surface area contributed by atoms with E-state index in [4.69, 9.17) is 0 Å². The smallest absolute Gasteiger partial charge is 0.0961 e. The molecule has 0 N–H and O–H groups in total.